The van der Waals surface area contributed by atoms with E-state index in [-0.39, 0.29) is 12.4 Å². The Morgan fingerprint density at radius 2 is 2.47 bits per heavy atom. The van der Waals surface area contributed by atoms with E-state index in [1.807, 2.05) is 13.0 Å². The lowest BCUT2D eigenvalue weighted by atomic mass is 9.81. The zero-order chi connectivity index (χ0) is 12.8. The Hall–Kier alpha value is -1.07. The zero-order valence-electron chi connectivity index (χ0n) is 11.0. The lowest BCUT2D eigenvalue weighted by molar-refractivity contribution is -0.149. The Kier molecular flexibility index (Phi) is 3.87. The van der Waals surface area contributed by atoms with Gasteiger partial charge in [0.1, 0.15) is 5.76 Å². The molecule has 1 N–H and O–H groups in total. The minimum absolute atomic E-state index is 0. The van der Waals surface area contributed by atoms with Crippen LogP contribution in [0.5, 0.6) is 0 Å². The van der Waals surface area contributed by atoms with Crippen molar-refractivity contribution in [1.82, 2.24) is 10.1 Å². The summed E-state index contributed by atoms with van der Waals surface area (Å²) in [6, 6.07) is 1.92. The van der Waals surface area contributed by atoms with Crippen LogP contribution in [0, 0.1) is 18.3 Å². The van der Waals surface area contributed by atoms with Crippen LogP contribution in [-0.2, 0) is 11.3 Å². The third kappa shape index (κ3) is 2.37. The summed E-state index contributed by atoms with van der Waals surface area (Å²) in [5.41, 5.74) is 0.395. The molecule has 2 aliphatic rings. The van der Waals surface area contributed by atoms with Crippen molar-refractivity contribution in [2.75, 3.05) is 13.1 Å². The first-order valence-electron chi connectivity index (χ1n) is 6.48. The van der Waals surface area contributed by atoms with Gasteiger partial charge in [-0.2, -0.15) is 0 Å². The monoisotopic (exact) mass is 286 g/mol. The van der Waals surface area contributed by atoms with Gasteiger partial charge < -0.3 is 9.63 Å². The number of likely N-dealkylation sites (tertiary alicyclic amines) is 1. The van der Waals surface area contributed by atoms with E-state index in [2.05, 4.69) is 10.1 Å². The molecule has 5 nitrogen and oxygen atoms in total. The molecule has 3 rings (SSSR count). The van der Waals surface area contributed by atoms with Gasteiger partial charge in [-0.15, -0.1) is 12.4 Å². The molecule has 0 bridgehead atoms. The van der Waals surface area contributed by atoms with Gasteiger partial charge in [0.25, 0.3) is 0 Å². The highest BCUT2D eigenvalue weighted by molar-refractivity contribution is 5.85. The second kappa shape index (κ2) is 5.13. The van der Waals surface area contributed by atoms with Crippen molar-refractivity contribution in [1.29, 1.82) is 0 Å². The third-order valence-corrected chi connectivity index (χ3v) is 4.43. The highest BCUT2D eigenvalue weighted by Crippen LogP contribution is 2.49. The van der Waals surface area contributed by atoms with E-state index in [0.717, 1.165) is 37.3 Å². The molecule has 1 aliphatic heterocycles. The average Bonchev–Trinajstić information content (AvgIpc) is 2.93. The van der Waals surface area contributed by atoms with Gasteiger partial charge in [0.05, 0.1) is 11.1 Å². The topological polar surface area (TPSA) is 66.6 Å². The summed E-state index contributed by atoms with van der Waals surface area (Å²) in [6.07, 6.45) is 2.91. The van der Waals surface area contributed by atoms with Crippen LogP contribution in [0.3, 0.4) is 0 Å². The molecule has 1 saturated carbocycles. The highest BCUT2D eigenvalue weighted by Gasteiger charge is 2.54. The summed E-state index contributed by atoms with van der Waals surface area (Å²) in [5, 5.41) is 13.5. The standard InChI is InChI=1S/C13H18N2O3.ClH/c1-9-5-11(14-18-9)7-15-6-10-3-2-4-13(10,8-15)12(16)17;/h5,10H,2-4,6-8H2,1H3,(H,16,17);1H/t10-,13+;/m0./s1. The van der Waals surface area contributed by atoms with Crippen LogP contribution in [0.2, 0.25) is 0 Å². The number of fused-ring (bicyclic) bond motifs is 1. The maximum absolute atomic E-state index is 11.5. The number of carbonyl (C=O) groups is 1. The smallest absolute Gasteiger partial charge is 0.311 e. The van der Waals surface area contributed by atoms with E-state index in [1.165, 1.54) is 0 Å². The molecule has 2 atom stereocenters. The van der Waals surface area contributed by atoms with Crippen LogP contribution in [0.25, 0.3) is 0 Å². The van der Waals surface area contributed by atoms with Gasteiger partial charge in [-0.1, -0.05) is 11.6 Å². The molecule has 106 valence electrons. The summed E-state index contributed by atoms with van der Waals surface area (Å²) in [6.45, 7) is 4.09. The first-order chi connectivity index (χ1) is 8.60. The van der Waals surface area contributed by atoms with Gasteiger partial charge in [0.15, 0.2) is 0 Å². The van der Waals surface area contributed by atoms with Crippen molar-refractivity contribution in [3.63, 3.8) is 0 Å². The van der Waals surface area contributed by atoms with E-state index in [1.54, 1.807) is 0 Å². The average molecular weight is 287 g/mol. The Bertz CT molecular complexity index is 476. The molecule has 19 heavy (non-hydrogen) atoms. The van der Waals surface area contributed by atoms with Crippen LogP contribution in [0.1, 0.15) is 30.7 Å². The fourth-order valence-corrected chi connectivity index (χ4v) is 3.58. The molecule has 1 aromatic heterocycles. The fourth-order valence-electron chi connectivity index (χ4n) is 3.58. The van der Waals surface area contributed by atoms with Gasteiger partial charge in [-0.25, -0.2) is 0 Å². The van der Waals surface area contributed by atoms with Gasteiger partial charge in [-0.3, -0.25) is 9.69 Å². The number of carboxylic acids is 1. The predicted molar refractivity (Wildman–Crippen MR) is 71.2 cm³/mol. The van der Waals surface area contributed by atoms with Crippen molar-refractivity contribution in [3.05, 3.63) is 17.5 Å². The van der Waals surface area contributed by atoms with Crippen molar-refractivity contribution >= 4 is 18.4 Å². The maximum Gasteiger partial charge on any atom is 0.311 e. The molecule has 0 unspecified atom stereocenters. The Balaban J connectivity index is 0.00000133. The number of nitrogens with zero attached hydrogens (tertiary/aromatic N) is 2. The van der Waals surface area contributed by atoms with Gasteiger partial charge >= 0.3 is 5.97 Å². The summed E-state index contributed by atoms with van der Waals surface area (Å²) in [4.78, 5) is 13.7. The lowest BCUT2D eigenvalue weighted by Crippen LogP contribution is -2.35. The largest absolute Gasteiger partial charge is 0.481 e. The molecule has 0 radical (unpaired) electrons. The molecule has 2 heterocycles. The van der Waals surface area contributed by atoms with Crippen molar-refractivity contribution in [3.8, 4) is 0 Å². The zero-order valence-corrected chi connectivity index (χ0v) is 11.8. The molecule has 0 spiro atoms. The van der Waals surface area contributed by atoms with Crippen LogP contribution >= 0.6 is 12.4 Å². The normalized spacial score (nSPS) is 30.1. The minimum atomic E-state index is -0.621. The molecule has 0 aromatic carbocycles. The highest BCUT2D eigenvalue weighted by atomic mass is 35.5. The Morgan fingerprint density at radius 1 is 1.68 bits per heavy atom. The van der Waals surface area contributed by atoms with Crippen molar-refractivity contribution in [2.24, 2.45) is 11.3 Å². The SMILES string of the molecule is Cc1cc(CN2C[C@@H]3CCC[C@@]3(C(=O)O)C2)no1.Cl. The summed E-state index contributed by atoms with van der Waals surface area (Å²) >= 11 is 0. The van der Waals surface area contributed by atoms with Gasteiger partial charge in [0.2, 0.25) is 0 Å². The molecule has 1 aliphatic carbocycles. The van der Waals surface area contributed by atoms with Gasteiger partial charge in [0, 0.05) is 25.7 Å². The summed E-state index contributed by atoms with van der Waals surface area (Å²) in [5.74, 6) is 0.490. The van der Waals surface area contributed by atoms with E-state index in [9.17, 15) is 9.90 Å². The van der Waals surface area contributed by atoms with Crippen molar-refractivity contribution < 1.29 is 14.4 Å². The van der Waals surface area contributed by atoms with E-state index < -0.39 is 11.4 Å². The predicted octanol–water partition coefficient (Wildman–Crippen LogP) is 2.09. The van der Waals surface area contributed by atoms with Gasteiger partial charge in [-0.05, 0) is 25.7 Å². The number of aliphatic carboxylic acids is 1. The van der Waals surface area contributed by atoms with Crippen molar-refractivity contribution in [2.45, 2.75) is 32.7 Å². The minimum Gasteiger partial charge on any atom is -0.481 e. The number of halogens is 1. The molecule has 6 heteroatoms. The lowest BCUT2D eigenvalue weighted by Gasteiger charge is -2.23. The first-order valence-corrected chi connectivity index (χ1v) is 6.48. The number of hydrogen-bond donors (Lipinski definition) is 1. The second-order valence-electron chi connectivity index (χ2n) is 5.65. The summed E-state index contributed by atoms with van der Waals surface area (Å²) in [7, 11) is 0. The first kappa shape index (κ1) is 14.3. The maximum atomic E-state index is 11.5. The Labute approximate surface area is 118 Å². The third-order valence-electron chi connectivity index (χ3n) is 4.43. The number of rotatable bonds is 3. The van der Waals surface area contributed by atoms with E-state index >= 15 is 0 Å². The molecule has 0 amide bonds. The van der Waals surface area contributed by atoms with Crippen LogP contribution in [-0.4, -0.2) is 34.2 Å². The molecule has 1 aromatic rings. The molecule has 1 saturated heterocycles. The van der Waals surface area contributed by atoms with Crippen LogP contribution in [0.4, 0.5) is 0 Å². The molecular formula is C13H19ClN2O3. The van der Waals surface area contributed by atoms with E-state index in [0.29, 0.717) is 19.0 Å². The van der Waals surface area contributed by atoms with Crippen LogP contribution in [0.15, 0.2) is 10.6 Å². The number of hydrogen-bond acceptors (Lipinski definition) is 4. The Morgan fingerprint density at radius 3 is 3.05 bits per heavy atom. The molecular weight excluding hydrogens is 268 g/mol. The second-order valence-corrected chi connectivity index (χ2v) is 5.65. The summed E-state index contributed by atoms with van der Waals surface area (Å²) < 4.78 is 5.05. The number of aryl methyl sites for hydroxylation is 1. The fraction of sp³-hybridized carbons (Fsp3) is 0.692. The quantitative estimate of drug-likeness (QED) is 0.921. The van der Waals surface area contributed by atoms with E-state index in [4.69, 9.17) is 4.52 Å². The molecule has 2 fully saturated rings. The van der Waals surface area contributed by atoms with Crippen LogP contribution < -0.4 is 0 Å². The number of carboxylic acid groups (broad SMARTS) is 1. The number of aromatic nitrogens is 1.